The molecule has 0 saturated carbocycles. The van der Waals surface area contributed by atoms with Crippen LogP contribution in [0, 0.1) is 0 Å². The minimum Gasteiger partial charge on any atom is -0.378 e. The number of anilines is 1. The highest BCUT2D eigenvalue weighted by molar-refractivity contribution is 5.98. The van der Waals surface area contributed by atoms with E-state index in [0.717, 1.165) is 47.6 Å². The number of aromatic nitrogens is 3. The molecule has 4 heterocycles. The minimum atomic E-state index is 0.0451. The number of carbonyl (C=O) groups is 1. The van der Waals surface area contributed by atoms with Crippen molar-refractivity contribution in [3.63, 3.8) is 0 Å². The lowest BCUT2D eigenvalue weighted by molar-refractivity contribution is 0.0732. The van der Waals surface area contributed by atoms with E-state index in [2.05, 4.69) is 14.9 Å². The van der Waals surface area contributed by atoms with E-state index in [9.17, 15) is 4.79 Å². The average Bonchev–Trinajstić information content (AvgIpc) is 3.21. The number of nitrogens with one attached hydrogen (secondary N) is 1. The second kappa shape index (κ2) is 6.66. The number of aromatic amines is 1. The lowest BCUT2D eigenvalue weighted by atomic mass is 10.1. The molecule has 138 valence electrons. The number of nitrogens with zero attached hydrogens (tertiary/aromatic N) is 4. The zero-order valence-corrected chi connectivity index (χ0v) is 15.0. The zero-order chi connectivity index (χ0) is 18.2. The van der Waals surface area contributed by atoms with Crippen LogP contribution in [0.2, 0.25) is 0 Å². The Bertz CT molecular complexity index is 993. The van der Waals surface area contributed by atoms with Gasteiger partial charge in [0.05, 0.1) is 25.5 Å². The second-order valence-corrected chi connectivity index (χ2v) is 7.00. The van der Waals surface area contributed by atoms with Crippen molar-refractivity contribution in [3.8, 4) is 0 Å². The monoisotopic (exact) mass is 363 g/mol. The highest BCUT2D eigenvalue weighted by atomic mass is 16.5. The number of carbonyl (C=O) groups excluding carboxylic acids is 1. The van der Waals surface area contributed by atoms with Gasteiger partial charge in [-0.2, -0.15) is 0 Å². The summed E-state index contributed by atoms with van der Waals surface area (Å²) in [6.45, 7) is 4.22. The van der Waals surface area contributed by atoms with Crippen LogP contribution in [0.5, 0.6) is 0 Å². The number of fused-ring (bicyclic) bond motifs is 2. The van der Waals surface area contributed by atoms with Crippen LogP contribution < -0.4 is 4.90 Å². The summed E-state index contributed by atoms with van der Waals surface area (Å²) in [6.07, 6.45) is 4.59. The molecule has 2 aromatic heterocycles. The number of amides is 1. The summed E-state index contributed by atoms with van der Waals surface area (Å²) in [4.78, 5) is 29.5. The van der Waals surface area contributed by atoms with Crippen molar-refractivity contribution < 1.29 is 9.53 Å². The summed E-state index contributed by atoms with van der Waals surface area (Å²) < 4.78 is 5.40. The first-order chi connectivity index (χ1) is 13.3. The van der Waals surface area contributed by atoms with Crippen LogP contribution in [0.1, 0.15) is 21.6 Å². The van der Waals surface area contributed by atoms with E-state index in [0.29, 0.717) is 31.9 Å². The van der Waals surface area contributed by atoms with Crippen molar-refractivity contribution >= 4 is 22.8 Å². The molecule has 1 saturated heterocycles. The van der Waals surface area contributed by atoms with Crippen LogP contribution in [-0.4, -0.2) is 58.6 Å². The van der Waals surface area contributed by atoms with Crippen LogP contribution in [0.25, 0.3) is 10.9 Å². The molecule has 0 radical (unpaired) electrons. The quantitative estimate of drug-likeness (QED) is 0.754. The number of hydrogen-bond donors (Lipinski definition) is 1. The van der Waals surface area contributed by atoms with Gasteiger partial charge in [-0.1, -0.05) is 6.07 Å². The van der Waals surface area contributed by atoms with Crippen LogP contribution >= 0.6 is 0 Å². The highest BCUT2D eigenvalue weighted by Crippen LogP contribution is 2.22. The van der Waals surface area contributed by atoms with Gasteiger partial charge < -0.3 is 19.5 Å². The van der Waals surface area contributed by atoms with Gasteiger partial charge >= 0.3 is 0 Å². The molecule has 3 aromatic rings. The summed E-state index contributed by atoms with van der Waals surface area (Å²) in [5.74, 6) is 0.780. The lowest BCUT2D eigenvalue weighted by Crippen LogP contribution is -2.39. The van der Waals surface area contributed by atoms with Gasteiger partial charge in [-0.25, -0.2) is 9.97 Å². The van der Waals surface area contributed by atoms with E-state index < -0.39 is 0 Å². The van der Waals surface area contributed by atoms with Crippen molar-refractivity contribution in [2.24, 2.45) is 0 Å². The van der Waals surface area contributed by atoms with E-state index in [-0.39, 0.29) is 5.91 Å². The predicted molar refractivity (Wildman–Crippen MR) is 102 cm³/mol. The van der Waals surface area contributed by atoms with Gasteiger partial charge in [0.1, 0.15) is 0 Å². The van der Waals surface area contributed by atoms with Gasteiger partial charge in [0, 0.05) is 43.1 Å². The highest BCUT2D eigenvalue weighted by Gasteiger charge is 2.25. The summed E-state index contributed by atoms with van der Waals surface area (Å²) in [6, 6.07) is 7.81. The smallest absolute Gasteiger partial charge is 0.254 e. The van der Waals surface area contributed by atoms with E-state index in [1.165, 1.54) is 0 Å². The number of benzene rings is 1. The molecule has 0 spiro atoms. The number of rotatable bonds is 2. The Morgan fingerprint density at radius 3 is 2.93 bits per heavy atom. The Kier molecular flexibility index (Phi) is 4.01. The fraction of sp³-hybridized carbons (Fsp3) is 0.350. The molecule has 2 aliphatic rings. The fourth-order valence-corrected chi connectivity index (χ4v) is 3.75. The van der Waals surface area contributed by atoms with Crippen molar-refractivity contribution in [2.75, 3.05) is 37.7 Å². The SMILES string of the molecule is O=C(c1ccc2cc[nH]c2c1)N1CCc2cnc(N3CCOCC3)nc2C1. The number of ether oxygens (including phenoxy) is 1. The van der Waals surface area contributed by atoms with Gasteiger partial charge in [0.2, 0.25) is 5.95 Å². The maximum absolute atomic E-state index is 13.0. The lowest BCUT2D eigenvalue weighted by Gasteiger charge is -2.30. The molecule has 1 aromatic carbocycles. The maximum Gasteiger partial charge on any atom is 0.254 e. The largest absolute Gasteiger partial charge is 0.378 e. The number of H-pyrrole nitrogens is 1. The topological polar surface area (TPSA) is 74.4 Å². The Hall–Kier alpha value is -2.93. The molecule has 0 unspecified atom stereocenters. The first kappa shape index (κ1) is 16.3. The summed E-state index contributed by atoms with van der Waals surface area (Å²) in [7, 11) is 0. The molecule has 1 amide bonds. The van der Waals surface area contributed by atoms with Crippen LogP contribution in [0.4, 0.5) is 5.95 Å². The third-order valence-corrected chi connectivity index (χ3v) is 5.32. The van der Waals surface area contributed by atoms with Crippen molar-refractivity contribution in [2.45, 2.75) is 13.0 Å². The van der Waals surface area contributed by atoms with Crippen LogP contribution in [0.15, 0.2) is 36.7 Å². The van der Waals surface area contributed by atoms with E-state index >= 15 is 0 Å². The molecular formula is C20H21N5O2. The van der Waals surface area contributed by atoms with E-state index in [1.807, 2.05) is 41.6 Å². The van der Waals surface area contributed by atoms with Gasteiger partial charge in [0.25, 0.3) is 5.91 Å². The number of hydrogen-bond acceptors (Lipinski definition) is 5. The molecule has 7 heteroatoms. The molecule has 0 bridgehead atoms. The summed E-state index contributed by atoms with van der Waals surface area (Å²) >= 11 is 0. The molecular weight excluding hydrogens is 342 g/mol. The Morgan fingerprint density at radius 2 is 2.04 bits per heavy atom. The van der Waals surface area contributed by atoms with Gasteiger partial charge in [-0.15, -0.1) is 0 Å². The van der Waals surface area contributed by atoms with E-state index in [4.69, 9.17) is 9.72 Å². The molecule has 1 fully saturated rings. The zero-order valence-electron chi connectivity index (χ0n) is 15.0. The Labute approximate surface area is 157 Å². The van der Waals surface area contributed by atoms with Gasteiger partial charge in [-0.05, 0) is 35.6 Å². The first-order valence-corrected chi connectivity index (χ1v) is 9.32. The maximum atomic E-state index is 13.0. The molecule has 5 rings (SSSR count). The van der Waals surface area contributed by atoms with Crippen molar-refractivity contribution in [1.29, 1.82) is 0 Å². The second-order valence-electron chi connectivity index (χ2n) is 7.00. The first-order valence-electron chi connectivity index (χ1n) is 9.32. The summed E-state index contributed by atoms with van der Waals surface area (Å²) in [5, 5.41) is 1.11. The van der Waals surface area contributed by atoms with Gasteiger partial charge in [-0.3, -0.25) is 4.79 Å². The average molecular weight is 363 g/mol. The Balaban J connectivity index is 1.38. The van der Waals surface area contributed by atoms with Crippen LogP contribution in [-0.2, 0) is 17.7 Å². The number of morpholine rings is 1. The fourth-order valence-electron chi connectivity index (χ4n) is 3.75. The van der Waals surface area contributed by atoms with Crippen molar-refractivity contribution in [1.82, 2.24) is 19.9 Å². The Morgan fingerprint density at radius 1 is 1.15 bits per heavy atom. The van der Waals surface area contributed by atoms with Crippen LogP contribution in [0.3, 0.4) is 0 Å². The summed E-state index contributed by atoms with van der Waals surface area (Å²) in [5.41, 5.74) is 3.77. The standard InChI is InChI=1S/C20H21N5O2/c26-19(15-2-1-14-3-5-21-17(14)11-15)25-6-4-16-12-22-20(23-18(16)13-25)24-7-9-27-10-8-24/h1-3,5,11-12,21H,4,6-10,13H2. The minimum absolute atomic E-state index is 0.0451. The molecule has 0 atom stereocenters. The predicted octanol–water partition coefficient (Wildman–Crippen LogP) is 1.99. The molecule has 2 aliphatic heterocycles. The van der Waals surface area contributed by atoms with Gasteiger partial charge in [0.15, 0.2) is 0 Å². The third kappa shape index (κ3) is 3.04. The third-order valence-electron chi connectivity index (χ3n) is 5.32. The molecule has 0 aliphatic carbocycles. The normalized spacial score (nSPS) is 17.2. The molecule has 27 heavy (non-hydrogen) atoms. The van der Waals surface area contributed by atoms with Crippen molar-refractivity contribution in [3.05, 3.63) is 53.5 Å². The molecule has 1 N–H and O–H groups in total. The molecule has 7 nitrogen and oxygen atoms in total. The van der Waals surface area contributed by atoms with E-state index in [1.54, 1.807) is 0 Å².